The second kappa shape index (κ2) is 6.38. The molecular formula is C15H12ClFN2O. The van der Waals surface area contributed by atoms with E-state index in [2.05, 4.69) is 5.32 Å². The summed E-state index contributed by atoms with van der Waals surface area (Å²) in [5.74, 6) is -0.349. The second-order valence-corrected chi connectivity index (χ2v) is 4.69. The zero-order valence-electron chi connectivity index (χ0n) is 10.5. The van der Waals surface area contributed by atoms with Gasteiger partial charge in [0.2, 0.25) is 0 Å². The van der Waals surface area contributed by atoms with E-state index < -0.39 is 6.10 Å². The average Bonchev–Trinajstić information content (AvgIpc) is 2.46. The average molecular weight is 291 g/mol. The molecule has 0 aromatic heterocycles. The summed E-state index contributed by atoms with van der Waals surface area (Å²) < 4.78 is 12.8. The van der Waals surface area contributed by atoms with E-state index in [-0.39, 0.29) is 12.4 Å². The third-order valence-electron chi connectivity index (χ3n) is 2.84. The molecule has 2 aromatic carbocycles. The fourth-order valence-electron chi connectivity index (χ4n) is 1.77. The molecule has 2 aromatic rings. The summed E-state index contributed by atoms with van der Waals surface area (Å²) in [6.07, 6.45) is -0.794. The van der Waals surface area contributed by atoms with Gasteiger partial charge in [0.25, 0.3) is 0 Å². The number of hydrogen-bond donors (Lipinski definition) is 2. The van der Waals surface area contributed by atoms with Crippen molar-refractivity contribution in [3.8, 4) is 6.07 Å². The lowest BCUT2D eigenvalue weighted by atomic mass is 10.1. The molecule has 2 rings (SSSR count). The van der Waals surface area contributed by atoms with Crippen molar-refractivity contribution in [3.05, 3.63) is 64.4 Å². The molecule has 0 saturated heterocycles. The third kappa shape index (κ3) is 3.47. The molecule has 0 saturated carbocycles. The van der Waals surface area contributed by atoms with Crippen molar-refractivity contribution in [3.63, 3.8) is 0 Å². The van der Waals surface area contributed by atoms with E-state index in [1.165, 1.54) is 24.3 Å². The monoisotopic (exact) mass is 290 g/mol. The highest BCUT2D eigenvalue weighted by atomic mass is 35.5. The quantitative estimate of drug-likeness (QED) is 0.906. The van der Waals surface area contributed by atoms with Gasteiger partial charge in [-0.1, -0.05) is 23.7 Å². The van der Waals surface area contributed by atoms with Crippen molar-refractivity contribution >= 4 is 17.3 Å². The van der Waals surface area contributed by atoms with Gasteiger partial charge in [-0.2, -0.15) is 5.26 Å². The second-order valence-electron chi connectivity index (χ2n) is 4.25. The number of nitrogens with one attached hydrogen (secondary N) is 1. The van der Waals surface area contributed by atoms with Crippen LogP contribution in [0.25, 0.3) is 0 Å². The Labute approximate surface area is 121 Å². The summed E-state index contributed by atoms with van der Waals surface area (Å²) in [4.78, 5) is 0. The summed E-state index contributed by atoms with van der Waals surface area (Å²) >= 11 is 5.81. The smallest absolute Gasteiger partial charge is 0.123 e. The molecule has 0 aliphatic heterocycles. The Kier molecular flexibility index (Phi) is 4.57. The van der Waals surface area contributed by atoms with Crippen LogP contribution in [-0.4, -0.2) is 11.7 Å². The van der Waals surface area contributed by atoms with Gasteiger partial charge in [0.05, 0.1) is 17.4 Å². The van der Waals surface area contributed by atoms with Gasteiger partial charge in [0.1, 0.15) is 11.9 Å². The van der Waals surface area contributed by atoms with E-state index >= 15 is 0 Å². The van der Waals surface area contributed by atoms with E-state index in [9.17, 15) is 9.50 Å². The third-order valence-corrected chi connectivity index (χ3v) is 3.08. The summed E-state index contributed by atoms with van der Waals surface area (Å²) in [5.41, 5.74) is 1.60. The molecule has 0 heterocycles. The first-order valence-electron chi connectivity index (χ1n) is 5.97. The maximum Gasteiger partial charge on any atom is 0.123 e. The predicted molar refractivity (Wildman–Crippen MR) is 76.0 cm³/mol. The number of anilines is 1. The number of benzene rings is 2. The Morgan fingerprint density at radius 3 is 2.60 bits per heavy atom. The van der Waals surface area contributed by atoms with Crippen LogP contribution in [0.4, 0.5) is 10.1 Å². The molecule has 5 heteroatoms. The molecule has 0 aliphatic carbocycles. The highest BCUT2D eigenvalue weighted by Gasteiger charge is 2.09. The van der Waals surface area contributed by atoms with Crippen molar-refractivity contribution in [1.82, 2.24) is 0 Å². The highest BCUT2D eigenvalue weighted by molar-refractivity contribution is 6.30. The van der Waals surface area contributed by atoms with Crippen LogP contribution in [0.5, 0.6) is 0 Å². The topological polar surface area (TPSA) is 56.0 Å². The number of nitriles is 1. The van der Waals surface area contributed by atoms with Gasteiger partial charge >= 0.3 is 0 Å². The van der Waals surface area contributed by atoms with E-state index in [0.29, 0.717) is 21.8 Å². The number of rotatable bonds is 4. The Morgan fingerprint density at radius 2 is 1.95 bits per heavy atom. The first-order valence-corrected chi connectivity index (χ1v) is 6.35. The molecule has 0 spiro atoms. The fourth-order valence-corrected chi connectivity index (χ4v) is 1.94. The Hall–Kier alpha value is -2.09. The van der Waals surface area contributed by atoms with Crippen molar-refractivity contribution in [2.45, 2.75) is 6.10 Å². The first kappa shape index (κ1) is 14.3. The van der Waals surface area contributed by atoms with Crippen LogP contribution in [0.2, 0.25) is 5.02 Å². The minimum absolute atomic E-state index is 0.210. The van der Waals surface area contributed by atoms with Crippen LogP contribution >= 0.6 is 11.6 Å². The zero-order chi connectivity index (χ0) is 14.5. The first-order chi connectivity index (χ1) is 9.60. The number of aliphatic hydroxyl groups excluding tert-OH is 1. The van der Waals surface area contributed by atoms with Gasteiger partial charge in [-0.05, 0) is 35.9 Å². The Bertz CT molecular complexity index is 637. The number of halogens is 2. The molecule has 1 atom stereocenters. The van der Waals surface area contributed by atoms with E-state index in [1.54, 1.807) is 18.2 Å². The van der Waals surface area contributed by atoms with Crippen LogP contribution in [0, 0.1) is 17.1 Å². The Balaban J connectivity index is 2.05. The van der Waals surface area contributed by atoms with Crippen molar-refractivity contribution in [2.24, 2.45) is 0 Å². The van der Waals surface area contributed by atoms with Crippen molar-refractivity contribution in [1.29, 1.82) is 5.26 Å². The largest absolute Gasteiger partial charge is 0.387 e. The van der Waals surface area contributed by atoms with Gasteiger partial charge in [-0.25, -0.2) is 4.39 Å². The lowest BCUT2D eigenvalue weighted by molar-refractivity contribution is 0.191. The SMILES string of the molecule is N#Cc1cc(Cl)ccc1NCC(O)c1ccc(F)cc1. The molecular weight excluding hydrogens is 279 g/mol. The molecule has 102 valence electrons. The molecule has 20 heavy (non-hydrogen) atoms. The molecule has 0 aliphatic rings. The lowest BCUT2D eigenvalue weighted by Gasteiger charge is -2.14. The molecule has 0 bridgehead atoms. The fraction of sp³-hybridized carbons (Fsp3) is 0.133. The minimum atomic E-state index is -0.794. The van der Waals surface area contributed by atoms with Crippen molar-refractivity contribution < 1.29 is 9.50 Å². The molecule has 3 nitrogen and oxygen atoms in total. The number of hydrogen-bond acceptors (Lipinski definition) is 3. The van der Waals surface area contributed by atoms with E-state index in [4.69, 9.17) is 16.9 Å². The van der Waals surface area contributed by atoms with Gasteiger partial charge in [-0.15, -0.1) is 0 Å². The molecule has 0 amide bonds. The summed E-state index contributed by atoms with van der Waals surface area (Å²) in [5, 5.41) is 22.5. The van der Waals surface area contributed by atoms with Crippen LogP contribution in [-0.2, 0) is 0 Å². The van der Waals surface area contributed by atoms with E-state index in [0.717, 1.165) is 0 Å². The van der Waals surface area contributed by atoms with E-state index in [1.807, 2.05) is 6.07 Å². The Morgan fingerprint density at radius 1 is 1.25 bits per heavy atom. The van der Waals surface area contributed by atoms with Gasteiger partial charge in [-0.3, -0.25) is 0 Å². The molecule has 0 fully saturated rings. The summed E-state index contributed by atoms with van der Waals surface area (Å²) in [6, 6.07) is 12.6. The summed E-state index contributed by atoms with van der Waals surface area (Å²) in [7, 11) is 0. The zero-order valence-corrected chi connectivity index (χ0v) is 11.2. The number of aliphatic hydroxyl groups is 1. The highest BCUT2D eigenvalue weighted by Crippen LogP contribution is 2.21. The van der Waals surface area contributed by atoms with Gasteiger partial charge in [0.15, 0.2) is 0 Å². The standard InChI is InChI=1S/C15H12ClFN2O/c16-12-3-6-14(11(7-12)8-18)19-9-15(20)10-1-4-13(17)5-2-10/h1-7,15,19-20H,9H2. The van der Waals surface area contributed by atoms with Gasteiger partial charge < -0.3 is 10.4 Å². The minimum Gasteiger partial charge on any atom is -0.387 e. The summed E-state index contributed by atoms with van der Waals surface area (Å²) in [6.45, 7) is 0.210. The van der Waals surface area contributed by atoms with Crippen LogP contribution in [0.1, 0.15) is 17.2 Å². The molecule has 1 unspecified atom stereocenters. The molecule has 2 N–H and O–H groups in total. The van der Waals surface area contributed by atoms with Gasteiger partial charge in [0, 0.05) is 11.6 Å². The predicted octanol–water partition coefficient (Wildman–Crippen LogP) is 3.50. The van der Waals surface area contributed by atoms with Crippen LogP contribution in [0.3, 0.4) is 0 Å². The van der Waals surface area contributed by atoms with Crippen molar-refractivity contribution in [2.75, 3.05) is 11.9 Å². The maximum atomic E-state index is 12.8. The van der Waals surface area contributed by atoms with Crippen LogP contribution in [0.15, 0.2) is 42.5 Å². The number of nitrogens with zero attached hydrogens (tertiary/aromatic N) is 1. The maximum absolute atomic E-state index is 12.8. The molecule has 0 radical (unpaired) electrons. The lowest BCUT2D eigenvalue weighted by Crippen LogP contribution is -2.12. The normalized spacial score (nSPS) is 11.7. The van der Waals surface area contributed by atoms with Crippen LogP contribution < -0.4 is 5.32 Å².